The van der Waals surface area contributed by atoms with Crippen LogP contribution >= 0.6 is 0 Å². The summed E-state index contributed by atoms with van der Waals surface area (Å²) in [6, 6.07) is 7.20. The average molecular weight is 291 g/mol. The molecular formula is C15H22BNO4. The number of nitrogens with one attached hydrogen (secondary N) is 1. The van der Waals surface area contributed by atoms with Crippen LogP contribution in [0.5, 0.6) is 5.75 Å². The summed E-state index contributed by atoms with van der Waals surface area (Å²) in [5.74, 6) is 0.466. The second-order valence-electron chi connectivity index (χ2n) is 6.08. The highest BCUT2D eigenvalue weighted by Crippen LogP contribution is 2.36. The van der Waals surface area contributed by atoms with Gasteiger partial charge in [-0.3, -0.25) is 0 Å². The highest BCUT2D eigenvalue weighted by Gasteiger charge is 2.51. The van der Waals surface area contributed by atoms with Gasteiger partial charge >= 0.3 is 13.2 Å². The Morgan fingerprint density at radius 2 is 1.86 bits per heavy atom. The summed E-state index contributed by atoms with van der Waals surface area (Å²) in [6.07, 6.45) is -0.469. The molecule has 1 heterocycles. The van der Waals surface area contributed by atoms with Gasteiger partial charge in [-0.25, -0.2) is 4.79 Å². The number of hydrogen-bond acceptors (Lipinski definition) is 4. The van der Waals surface area contributed by atoms with Crippen LogP contribution in [0.3, 0.4) is 0 Å². The van der Waals surface area contributed by atoms with Gasteiger partial charge in [0.25, 0.3) is 0 Å². The minimum absolute atomic E-state index is 0.395. The van der Waals surface area contributed by atoms with Gasteiger partial charge in [0.15, 0.2) is 0 Å². The minimum Gasteiger partial charge on any atom is -0.410 e. The SMILES string of the molecule is CCNC(=O)Oc1cccc(B2OC(C)(C)C(C)(C)O2)c1. The molecule has 1 amide bonds. The summed E-state index contributed by atoms with van der Waals surface area (Å²) in [4.78, 5) is 11.5. The molecule has 1 aromatic rings. The van der Waals surface area contributed by atoms with Crippen LogP contribution < -0.4 is 15.5 Å². The number of benzene rings is 1. The maximum absolute atomic E-state index is 11.5. The largest absolute Gasteiger partial charge is 0.494 e. The molecule has 0 aromatic heterocycles. The van der Waals surface area contributed by atoms with Crippen LogP contribution in [0, 0.1) is 0 Å². The normalized spacial score (nSPS) is 19.4. The zero-order valence-electron chi connectivity index (χ0n) is 13.2. The van der Waals surface area contributed by atoms with Crippen LogP contribution in [-0.2, 0) is 9.31 Å². The first-order chi connectivity index (χ1) is 9.75. The molecule has 1 aliphatic rings. The molecule has 1 saturated heterocycles. The van der Waals surface area contributed by atoms with Gasteiger partial charge in [0, 0.05) is 6.54 Å². The Labute approximate surface area is 126 Å². The third kappa shape index (κ3) is 3.39. The van der Waals surface area contributed by atoms with Crippen LogP contribution in [0.4, 0.5) is 4.79 Å². The summed E-state index contributed by atoms with van der Waals surface area (Å²) < 4.78 is 17.2. The first kappa shape index (κ1) is 15.9. The number of ether oxygens (including phenoxy) is 1. The summed E-state index contributed by atoms with van der Waals surface area (Å²) in [6.45, 7) is 10.4. The van der Waals surface area contributed by atoms with Crippen LogP contribution in [0.15, 0.2) is 24.3 Å². The summed E-state index contributed by atoms with van der Waals surface area (Å²) in [7, 11) is -0.465. The lowest BCUT2D eigenvalue weighted by molar-refractivity contribution is 0.00578. The third-order valence-electron chi connectivity index (χ3n) is 3.92. The van der Waals surface area contributed by atoms with E-state index in [1.54, 1.807) is 12.1 Å². The second kappa shape index (κ2) is 5.69. The molecule has 0 bridgehead atoms. The predicted octanol–water partition coefficient (Wildman–Crippen LogP) is 2.09. The van der Waals surface area contributed by atoms with Crippen molar-refractivity contribution in [3.05, 3.63) is 24.3 Å². The van der Waals surface area contributed by atoms with Crippen LogP contribution in [0.2, 0.25) is 0 Å². The van der Waals surface area contributed by atoms with E-state index in [0.717, 1.165) is 5.46 Å². The molecular weight excluding hydrogens is 269 g/mol. The molecule has 1 aromatic carbocycles. The van der Waals surface area contributed by atoms with Gasteiger partial charge in [0.2, 0.25) is 0 Å². The van der Waals surface area contributed by atoms with Crippen molar-refractivity contribution < 1.29 is 18.8 Å². The average Bonchev–Trinajstić information content (AvgIpc) is 2.59. The lowest BCUT2D eigenvalue weighted by atomic mass is 9.79. The highest BCUT2D eigenvalue weighted by molar-refractivity contribution is 6.62. The van der Waals surface area contributed by atoms with E-state index >= 15 is 0 Å². The lowest BCUT2D eigenvalue weighted by Gasteiger charge is -2.32. The van der Waals surface area contributed by atoms with Gasteiger partial charge in [-0.1, -0.05) is 12.1 Å². The minimum atomic E-state index is -0.469. The van der Waals surface area contributed by atoms with Crippen molar-refractivity contribution in [3.8, 4) is 5.75 Å². The molecule has 1 fully saturated rings. The van der Waals surface area contributed by atoms with E-state index in [0.29, 0.717) is 12.3 Å². The Morgan fingerprint density at radius 3 is 2.43 bits per heavy atom. The topological polar surface area (TPSA) is 56.8 Å². The van der Waals surface area contributed by atoms with E-state index < -0.39 is 24.4 Å². The standard InChI is InChI=1S/C15H22BNO4/c1-6-17-13(18)19-12-9-7-8-11(10-12)16-20-14(2,3)15(4,5)21-16/h7-10H,6H2,1-5H3,(H,17,18). The highest BCUT2D eigenvalue weighted by atomic mass is 16.7. The molecule has 5 nitrogen and oxygen atoms in total. The monoisotopic (exact) mass is 291 g/mol. The van der Waals surface area contributed by atoms with E-state index in [9.17, 15) is 4.79 Å². The van der Waals surface area contributed by atoms with Crippen LogP contribution in [-0.4, -0.2) is 31.0 Å². The molecule has 114 valence electrons. The Balaban J connectivity index is 2.14. The van der Waals surface area contributed by atoms with Gasteiger partial charge in [-0.05, 0) is 52.2 Å². The van der Waals surface area contributed by atoms with E-state index in [4.69, 9.17) is 14.0 Å². The van der Waals surface area contributed by atoms with Crippen molar-refractivity contribution in [3.63, 3.8) is 0 Å². The molecule has 0 spiro atoms. The quantitative estimate of drug-likeness (QED) is 0.866. The van der Waals surface area contributed by atoms with E-state index in [1.807, 2.05) is 46.8 Å². The number of hydrogen-bond donors (Lipinski definition) is 1. The molecule has 0 radical (unpaired) electrons. The van der Waals surface area contributed by atoms with Crippen LogP contribution in [0.25, 0.3) is 0 Å². The van der Waals surface area contributed by atoms with Gasteiger partial charge in [0.05, 0.1) is 11.2 Å². The van der Waals surface area contributed by atoms with Gasteiger partial charge < -0.3 is 19.4 Å². The van der Waals surface area contributed by atoms with E-state index in [-0.39, 0.29) is 0 Å². The molecule has 21 heavy (non-hydrogen) atoms. The fraction of sp³-hybridized carbons (Fsp3) is 0.533. The smallest absolute Gasteiger partial charge is 0.410 e. The van der Waals surface area contributed by atoms with Crippen molar-refractivity contribution in [2.75, 3.05) is 6.54 Å². The Hall–Kier alpha value is -1.53. The Bertz CT molecular complexity index is 514. The van der Waals surface area contributed by atoms with Crippen molar-refractivity contribution in [1.29, 1.82) is 0 Å². The molecule has 6 heteroatoms. The van der Waals surface area contributed by atoms with Gasteiger partial charge in [-0.2, -0.15) is 0 Å². The summed E-state index contributed by atoms with van der Waals surface area (Å²) in [5.41, 5.74) is 0.0397. The van der Waals surface area contributed by atoms with E-state index in [2.05, 4.69) is 5.32 Å². The predicted molar refractivity (Wildman–Crippen MR) is 81.9 cm³/mol. The fourth-order valence-corrected chi connectivity index (χ4v) is 1.99. The first-order valence-electron chi connectivity index (χ1n) is 7.16. The molecule has 0 atom stereocenters. The maximum atomic E-state index is 11.5. The molecule has 1 aliphatic heterocycles. The van der Waals surface area contributed by atoms with E-state index in [1.165, 1.54) is 0 Å². The number of rotatable bonds is 3. The Morgan fingerprint density at radius 1 is 1.24 bits per heavy atom. The van der Waals surface area contributed by atoms with Gasteiger partial charge in [0.1, 0.15) is 5.75 Å². The number of carbonyl (C=O) groups is 1. The molecule has 0 saturated carbocycles. The fourth-order valence-electron chi connectivity index (χ4n) is 1.99. The first-order valence-corrected chi connectivity index (χ1v) is 7.16. The zero-order valence-corrected chi connectivity index (χ0v) is 13.2. The third-order valence-corrected chi connectivity index (χ3v) is 3.92. The Kier molecular flexibility index (Phi) is 4.30. The molecule has 1 N–H and O–H groups in total. The number of carbonyl (C=O) groups excluding carboxylic acids is 1. The van der Waals surface area contributed by atoms with Crippen LogP contribution in [0.1, 0.15) is 34.6 Å². The van der Waals surface area contributed by atoms with Crippen molar-refractivity contribution in [1.82, 2.24) is 5.32 Å². The van der Waals surface area contributed by atoms with Crippen molar-refractivity contribution >= 4 is 18.7 Å². The molecule has 0 aliphatic carbocycles. The van der Waals surface area contributed by atoms with Crippen molar-refractivity contribution in [2.45, 2.75) is 45.8 Å². The summed E-state index contributed by atoms with van der Waals surface area (Å²) >= 11 is 0. The maximum Gasteiger partial charge on any atom is 0.494 e. The zero-order chi connectivity index (χ0) is 15.7. The lowest BCUT2D eigenvalue weighted by Crippen LogP contribution is -2.41. The number of amides is 1. The van der Waals surface area contributed by atoms with Crippen molar-refractivity contribution in [2.24, 2.45) is 0 Å². The molecule has 2 rings (SSSR count). The molecule has 0 unspecified atom stereocenters. The second-order valence-corrected chi connectivity index (χ2v) is 6.08. The summed E-state index contributed by atoms with van der Waals surface area (Å²) in [5, 5.41) is 2.59. The van der Waals surface area contributed by atoms with Gasteiger partial charge in [-0.15, -0.1) is 0 Å².